The molecule has 0 saturated heterocycles. The molecule has 0 bridgehead atoms. The van der Waals surface area contributed by atoms with Crippen LogP contribution in [-0.4, -0.2) is 73.2 Å². The molecule has 10 nitrogen and oxygen atoms in total. The summed E-state index contributed by atoms with van der Waals surface area (Å²) < 4.78 is 25.1. The molecule has 0 aromatic heterocycles. The standard InChI is InChI=1S/C16H26O10/c1-9(17)23-8-16(5,21)15(26-12(4)20)14(25-11(3)19)13(7-22-6)24-10(2)18/h13-15,21H,7-8H2,1-6H3/t13-,14+,15+,16+/m1/s1. The third-order valence-corrected chi connectivity index (χ3v) is 3.09. The molecule has 26 heavy (non-hydrogen) atoms. The number of hydrogen-bond donors (Lipinski definition) is 1. The molecule has 0 saturated carbocycles. The molecule has 0 aromatic carbocycles. The van der Waals surface area contributed by atoms with Gasteiger partial charge in [0.05, 0.1) is 6.61 Å². The molecule has 0 spiro atoms. The Morgan fingerprint density at radius 3 is 1.77 bits per heavy atom. The highest BCUT2D eigenvalue weighted by molar-refractivity contribution is 5.68. The van der Waals surface area contributed by atoms with E-state index in [-0.39, 0.29) is 6.61 Å². The zero-order valence-electron chi connectivity index (χ0n) is 15.8. The van der Waals surface area contributed by atoms with E-state index >= 15 is 0 Å². The summed E-state index contributed by atoms with van der Waals surface area (Å²) in [5, 5.41) is 10.7. The Labute approximate surface area is 151 Å². The number of carbonyl (C=O) groups excluding carboxylic acids is 4. The number of ether oxygens (including phenoxy) is 5. The van der Waals surface area contributed by atoms with Gasteiger partial charge in [0.2, 0.25) is 0 Å². The lowest BCUT2D eigenvalue weighted by molar-refractivity contribution is -0.215. The van der Waals surface area contributed by atoms with Crippen molar-refractivity contribution in [2.75, 3.05) is 20.3 Å². The highest BCUT2D eigenvalue weighted by Crippen LogP contribution is 2.24. The summed E-state index contributed by atoms with van der Waals surface area (Å²) in [5.41, 5.74) is -1.95. The van der Waals surface area contributed by atoms with E-state index in [1.807, 2.05) is 0 Å². The quantitative estimate of drug-likeness (QED) is 0.400. The molecule has 1 N–H and O–H groups in total. The summed E-state index contributed by atoms with van der Waals surface area (Å²) in [4.78, 5) is 45.5. The van der Waals surface area contributed by atoms with Gasteiger partial charge in [0.1, 0.15) is 12.2 Å². The lowest BCUT2D eigenvalue weighted by Gasteiger charge is -2.38. The van der Waals surface area contributed by atoms with Crippen molar-refractivity contribution in [2.45, 2.75) is 58.5 Å². The normalized spacial score (nSPS) is 16.4. The van der Waals surface area contributed by atoms with Crippen molar-refractivity contribution in [1.82, 2.24) is 0 Å². The zero-order chi connectivity index (χ0) is 20.5. The van der Waals surface area contributed by atoms with E-state index in [1.54, 1.807) is 0 Å². The fraction of sp³-hybridized carbons (Fsp3) is 0.750. The predicted molar refractivity (Wildman–Crippen MR) is 85.8 cm³/mol. The minimum Gasteiger partial charge on any atom is -0.463 e. The Morgan fingerprint density at radius 1 is 0.885 bits per heavy atom. The number of hydrogen-bond acceptors (Lipinski definition) is 10. The van der Waals surface area contributed by atoms with Crippen molar-refractivity contribution in [1.29, 1.82) is 0 Å². The van der Waals surface area contributed by atoms with Crippen molar-refractivity contribution in [3.05, 3.63) is 0 Å². The molecule has 0 radical (unpaired) electrons. The second-order valence-electron chi connectivity index (χ2n) is 5.84. The van der Waals surface area contributed by atoms with Gasteiger partial charge in [-0.3, -0.25) is 19.2 Å². The number of rotatable bonds is 10. The van der Waals surface area contributed by atoms with E-state index in [0.717, 1.165) is 27.7 Å². The second kappa shape index (κ2) is 10.7. The third-order valence-electron chi connectivity index (χ3n) is 3.09. The van der Waals surface area contributed by atoms with E-state index in [9.17, 15) is 24.3 Å². The van der Waals surface area contributed by atoms with Crippen molar-refractivity contribution < 1.29 is 48.0 Å². The number of aliphatic hydroxyl groups is 1. The maximum Gasteiger partial charge on any atom is 0.303 e. The summed E-state index contributed by atoms with van der Waals surface area (Å²) >= 11 is 0. The third kappa shape index (κ3) is 8.77. The van der Waals surface area contributed by atoms with Gasteiger partial charge in [0, 0.05) is 34.8 Å². The number of methoxy groups -OCH3 is 1. The SMILES string of the molecule is COC[C@@H](OC(C)=O)[C@H](OC(C)=O)[C@H](OC(C)=O)[C@@](C)(O)COC(C)=O. The van der Waals surface area contributed by atoms with Crippen LogP contribution < -0.4 is 0 Å². The average Bonchev–Trinajstić information content (AvgIpc) is 2.47. The second-order valence-corrected chi connectivity index (χ2v) is 5.84. The van der Waals surface area contributed by atoms with Gasteiger partial charge >= 0.3 is 23.9 Å². The number of carbonyl (C=O) groups is 4. The lowest BCUT2D eigenvalue weighted by Crippen LogP contribution is -2.58. The van der Waals surface area contributed by atoms with E-state index in [4.69, 9.17) is 23.7 Å². The van der Waals surface area contributed by atoms with Gasteiger partial charge in [-0.2, -0.15) is 0 Å². The predicted octanol–water partition coefficient (Wildman–Crippen LogP) is -0.258. The first-order valence-corrected chi connectivity index (χ1v) is 7.77. The van der Waals surface area contributed by atoms with Crippen LogP contribution in [0.1, 0.15) is 34.6 Å². The van der Waals surface area contributed by atoms with Crippen LogP contribution in [0.15, 0.2) is 0 Å². The zero-order valence-corrected chi connectivity index (χ0v) is 15.8. The van der Waals surface area contributed by atoms with Crippen LogP contribution in [0.25, 0.3) is 0 Å². The Bertz CT molecular complexity index is 513. The first-order valence-electron chi connectivity index (χ1n) is 7.77. The smallest absolute Gasteiger partial charge is 0.303 e. The molecule has 150 valence electrons. The molecule has 0 rings (SSSR count). The first kappa shape index (κ1) is 23.8. The summed E-state index contributed by atoms with van der Waals surface area (Å²) in [5.74, 6) is -2.95. The van der Waals surface area contributed by atoms with E-state index in [0.29, 0.717) is 0 Å². The Morgan fingerprint density at radius 2 is 1.38 bits per heavy atom. The minimum atomic E-state index is -1.95. The van der Waals surface area contributed by atoms with Gasteiger partial charge in [-0.15, -0.1) is 0 Å². The molecular weight excluding hydrogens is 352 g/mol. The Balaban J connectivity index is 5.89. The highest BCUT2D eigenvalue weighted by Gasteiger charge is 2.48. The minimum absolute atomic E-state index is 0.209. The molecule has 0 unspecified atom stereocenters. The molecule has 10 heteroatoms. The van der Waals surface area contributed by atoms with E-state index < -0.39 is 54.4 Å². The van der Waals surface area contributed by atoms with Crippen LogP contribution in [-0.2, 0) is 42.9 Å². The molecule has 0 aliphatic carbocycles. The van der Waals surface area contributed by atoms with Crippen molar-refractivity contribution in [2.24, 2.45) is 0 Å². The average molecular weight is 378 g/mol. The lowest BCUT2D eigenvalue weighted by atomic mass is 9.92. The van der Waals surface area contributed by atoms with Gasteiger partial charge in [0.15, 0.2) is 18.3 Å². The van der Waals surface area contributed by atoms with Crippen LogP contribution in [0.4, 0.5) is 0 Å². The van der Waals surface area contributed by atoms with Crippen LogP contribution in [0.3, 0.4) is 0 Å². The number of esters is 4. The highest BCUT2D eigenvalue weighted by atomic mass is 16.6. The Hall–Kier alpha value is -2.20. The van der Waals surface area contributed by atoms with Crippen molar-refractivity contribution in [3.63, 3.8) is 0 Å². The maximum atomic E-state index is 11.5. The molecular formula is C16H26O10. The van der Waals surface area contributed by atoms with E-state index in [2.05, 4.69) is 0 Å². The molecule has 0 heterocycles. The summed E-state index contributed by atoms with van der Waals surface area (Å²) in [6, 6.07) is 0. The molecule has 0 fully saturated rings. The Kier molecular flexibility index (Phi) is 9.81. The topological polar surface area (TPSA) is 135 Å². The molecule has 0 aromatic rings. The summed E-state index contributed by atoms with van der Waals surface area (Å²) in [7, 11) is 1.32. The maximum absolute atomic E-state index is 11.5. The fourth-order valence-corrected chi connectivity index (χ4v) is 2.15. The molecule has 0 aliphatic rings. The van der Waals surface area contributed by atoms with Gasteiger partial charge in [-0.05, 0) is 6.92 Å². The monoisotopic (exact) mass is 378 g/mol. The van der Waals surface area contributed by atoms with Crippen molar-refractivity contribution in [3.8, 4) is 0 Å². The van der Waals surface area contributed by atoms with Gasteiger partial charge < -0.3 is 28.8 Å². The molecule has 0 aliphatic heterocycles. The first-order chi connectivity index (χ1) is 11.9. The fourth-order valence-electron chi connectivity index (χ4n) is 2.15. The van der Waals surface area contributed by atoms with Crippen molar-refractivity contribution >= 4 is 23.9 Å². The van der Waals surface area contributed by atoms with Crippen LogP contribution in [0, 0.1) is 0 Å². The van der Waals surface area contributed by atoms with E-state index in [1.165, 1.54) is 14.0 Å². The van der Waals surface area contributed by atoms with Gasteiger partial charge in [0.25, 0.3) is 0 Å². The van der Waals surface area contributed by atoms with Crippen LogP contribution >= 0.6 is 0 Å². The largest absolute Gasteiger partial charge is 0.463 e. The molecule has 4 atom stereocenters. The summed E-state index contributed by atoms with van der Waals surface area (Å²) in [6.07, 6.45) is -4.11. The van der Waals surface area contributed by atoms with Gasteiger partial charge in [-0.25, -0.2) is 0 Å². The van der Waals surface area contributed by atoms with Crippen LogP contribution in [0.2, 0.25) is 0 Å². The van der Waals surface area contributed by atoms with Gasteiger partial charge in [-0.1, -0.05) is 0 Å². The molecule has 0 amide bonds. The summed E-state index contributed by atoms with van der Waals surface area (Å²) in [6.45, 7) is 4.89. The van der Waals surface area contributed by atoms with Crippen LogP contribution in [0.5, 0.6) is 0 Å².